The molecular weight excluding hydrogens is 196 g/mol. The van der Waals surface area contributed by atoms with Gasteiger partial charge in [-0.25, -0.2) is 4.98 Å². The minimum absolute atomic E-state index is 0.634. The van der Waals surface area contributed by atoms with Crippen LogP contribution in [0.15, 0.2) is 24.7 Å². The fraction of sp³-hybridized carbons (Fsp3) is 0.100. The summed E-state index contributed by atoms with van der Waals surface area (Å²) in [5.74, 6) is 0. The van der Waals surface area contributed by atoms with Crippen molar-refractivity contribution in [3.8, 4) is 10.6 Å². The fourth-order valence-corrected chi connectivity index (χ4v) is 1.96. The molecule has 0 aromatic carbocycles. The van der Waals surface area contributed by atoms with E-state index in [9.17, 15) is 4.79 Å². The quantitative estimate of drug-likeness (QED) is 0.705. The lowest BCUT2D eigenvalue weighted by Gasteiger charge is -1.97. The zero-order chi connectivity index (χ0) is 9.97. The van der Waals surface area contributed by atoms with Gasteiger partial charge in [0.05, 0.1) is 0 Å². The summed E-state index contributed by atoms with van der Waals surface area (Å²) in [4.78, 5) is 20.1. The number of rotatable bonds is 2. The number of hydrogen-bond acceptors (Lipinski definition) is 4. The lowest BCUT2D eigenvalue weighted by Crippen LogP contribution is -1.87. The molecule has 14 heavy (non-hydrogen) atoms. The van der Waals surface area contributed by atoms with Gasteiger partial charge in [0.2, 0.25) is 0 Å². The van der Waals surface area contributed by atoms with E-state index in [2.05, 4.69) is 9.97 Å². The minimum Gasteiger partial charge on any atom is -0.298 e. The molecule has 2 aromatic heterocycles. The molecule has 0 aliphatic rings. The summed E-state index contributed by atoms with van der Waals surface area (Å²) in [5.41, 5.74) is 1.44. The van der Waals surface area contributed by atoms with E-state index in [0.717, 1.165) is 21.7 Å². The third-order valence-corrected chi connectivity index (χ3v) is 2.78. The highest BCUT2D eigenvalue weighted by molar-refractivity contribution is 7.15. The molecule has 0 radical (unpaired) electrons. The van der Waals surface area contributed by atoms with Crippen molar-refractivity contribution in [2.45, 2.75) is 6.92 Å². The highest BCUT2D eigenvalue weighted by Crippen LogP contribution is 2.25. The molecule has 0 amide bonds. The van der Waals surface area contributed by atoms with Gasteiger partial charge in [0.1, 0.15) is 5.01 Å². The Labute approximate surface area is 85.5 Å². The van der Waals surface area contributed by atoms with Crippen molar-refractivity contribution >= 4 is 17.6 Å². The zero-order valence-electron chi connectivity index (χ0n) is 7.60. The fourth-order valence-electron chi connectivity index (χ4n) is 1.17. The Hall–Kier alpha value is -1.55. The number of aromatic nitrogens is 2. The van der Waals surface area contributed by atoms with E-state index >= 15 is 0 Å². The molecule has 4 heteroatoms. The van der Waals surface area contributed by atoms with Gasteiger partial charge in [0.15, 0.2) is 6.29 Å². The second kappa shape index (κ2) is 3.67. The second-order valence-corrected chi connectivity index (χ2v) is 4.09. The van der Waals surface area contributed by atoms with Crippen molar-refractivity contribution in [2.24, 2.45) is 0 Å². The first kappa shape index (κ1) is 9.02. The van der Waals surface area contributed by atoms with Crippen LogP contribution in [0.1, 0.15) is 15.2 Å². The molecule has 0 aliphatic carbocycles. The maximum Gasteiger partial charge on any atom is 0.150 e. The van der Waals surface area contributed by atoms with Crippen LogP contribution in [0.25, 0.3) is 10.6 Å². The molecule has 0 saturated carbocycles. The van der Waals surface area contributed by atoms with Crippen LogP contribution in [0.5, 0.6) is 0 Å². The Bertz CT molecular complexity index is 465. The van der Waals surface area contributed by atoms with Gasteiger partial charge in [0.25, 0.3) is 0 Å². The Balaban J connectivity index is 2.55. The molecular formula is C10H8N2OS. The van der Waals surface area contributed by atoms with Gasteiger partial charge < -0.3 is 0 Å². The maximum absolute atomic E-state index is 10.8. The highest BCUT2D eigenvalue weighted by Gasteiger charge is 2.07. The summed E-state index contributed by atoms with van der Waals surface area (Å²) >= 11 is 1.56. The molecule has 0 saturated heterocycles. The summed E-state index contributed by atoms with van der Waals surface area (Å²) in [6.45, 7) is 1.98. The molecule has 0 atom stereocenters. The molecule has 70 valence electrons. The largest absolute Gasteiger partial charge is 0.298 e. The van der Waals surface area contributed by atoms with Gasteiger partial charge in [0, 0.05) is 34.6 Å². The lowest BCUT2D eigenvalue weighted by atomic mass is 10.2. The Morgan fingerprint density at radius 3 is 2.93 bits per heavy atom. The normalized spacial score (nSPS) is 10.1. The predicted molar refractivity (Wildman–Crippen MR) is 55.5 cm³/mol. The van der Waals surface area contributed by atoms with E-state index in [-0.39, 0.29) is 0 Å². The van der Waals surface area contributed by atoms with Gasteiger partial charge in [-0.2, -0.15) is 0 Å². The molecule has 3 nitrogen and oxygen atoms in total. The molecule has 0 fully saturated rings. The topological polar surface area (TPSA) is 42.9 Å². The molecule has 0 N–H and O–H groups in total. The van der Waals surface area contributed by atoms with E-state index in [1.54, 1.807) is 36.0 Å². The summed E-state index contributed by atoms with van der Waals surface area (Å²) < 4.78 is 0. The number of carbonyl (C=O) groups excluding carboxylic acids is 1. The van der Waals surface area contributed by atoms with Crippen LogP contribution in [0.2, 0.25) is 0 Å². The van der Waals surface area contributed by atoms with Crippen molar-refractivity contribution in [1.82, 2.24) is 9.97 Å². The van der Waals surface area contributed by atoms with Gasteiger partial charge in [-0.05, 0) is 13.0 Å². The predicted octanol–water partition coefficient (Wildman–Crippen LogP) is 2.33. The van der Waals surface area contributed by atoms with Crippen LogP contribution >= 0.6 is 11.3 Å². The summed E-state index contributed by atoms with van der Waals surface area (Å²) in [7, 11) is 0. The van der Waals surface area contributed by atoms with Crippen LogP contribution in [-0.2, 0) is 0 Å². The number of aryl methyl sites for hydroxylation is 1. The number of carbonyl (C=O) groups is 1. The number of aldehydes is 1. The molecule has 0 spiro atoms. The first-order chi connectivity index (χ1) is 6.81. The van der Waals surface area contributed by atoms with Crippen LogP contribution < -0.4 is 0 Å². The summed E-state index contributed by atoms with van der Waals surface area (Å²) in [6.07, 6.45) is 5.89. The van der Waals surface area contributed by atoms with E-state index in [4.69, 9.17) is 0 Å². The molecule has 2 heterocycles. The van der Waals surface area contributed by atoms with Gasteiger partial charge in [-0.1, -0.05) is 0 Å². The lowest BCUT2D eigenvalue weighted by molar-refractivity contribution is 0.112. The third-order valence-electron chi connectivity index (χ3n) is 1.83. The average Bonchev–Trinajstić information content (AvgIpc) is 2.65. The summed E-state index contributed by atoms with van der Waals surface area (Å²) in [6, 6.07) is 1.69. The third kappa shape index (κ3) is 1.56. The molecule has 0 aliphatic heterocycles. The molecule has 2 rings (SSSR count). The van der Waals surface area contributed by atoms with E-state index in [0.29, 0.717) is 5.56 Å². The minimum atomic E-state index is 0.634. The van der Waals surface area contributed by atoms with Crippen LogP contribution in [-0.4, -0.2) is 16.3 Å². The monoisotopic (exact) mass is 204 g/mol. The van der Waals surface area contributed by atoms with Crippen LogP contribution in [0.4, 0.5) is 0 Å². The van der Waals surface area contributed by atoms with Crippen LogP contribution in [0, 0.1) is 6.92 Å². The van der Waals surface area contributed by atoms with Crippen molar-refractivity contribution in [3.05, 3.63) is 35.1 Å². The summed E-state index contributed by atoms with van der Waals surface area (Å²) in [5, 5.41) is 0.845. The van der Waals surface area contributed by atoms with Crippen molar-refractivity contribution in [1.29, 1.82) is 0 Å². The number of thiazole rings is 1. The van der Waals surface area contributed by atoms with E-state index < -0.39 is 0 Å². The highest BCUT2D eigenvalue weighted by atomic mass is 32.1. The Kier molecular flexibility index (Phi) is 2.37. The Morgan fingerprint density at radius 2 is 2.29 bits per heavy atom. The standard InChI is InChI=1S/C10H8N2OS/c1-7-4-12-10(14-7)9-5-11-3-2-8(9)6-13/h2-6H,1H3. The van der Waals surface area contributed by atoms with Gasteiger partial charge in [-0.3, -0.25) is 9.78 Å². The second-order valence-electron chi connectivity index (χ2n) is 2.86. The number of nitrogens with zero attached hydrogens (tertiary/aromatic N) is 2. The Morgan fingerprint density at radius 1 is 1.43 bits per heavy atom. The number of pyridine rings is 1. The van der Waals surface area contributed by atoms with Crippen molar-refractivity contribution < 1.29 is 4.79 Å². The van der Waals surface area contributed by atoms with Crippen LogP contribution in [0.3, 0.4) is 0 Å². The molecule has 0 bridgehead atoms. The van der Waals surface area contributed by atoms with Gasteiger partial charge >= 0.3 is 0 Å². The first-order valence-electron chi connectivity index (χ1n) is 4.13. The average molecular weight is 204 g/mol. The zero-order valence-corrected chi connectivity index (χ0v) is 8.41. The maximum atomic E-state index is 10.8. The molecule has 2 aromatic rings. The SMILES string of the molecule is Cc1cnc(-c2cnccc2C=O)s1. The molecule has 0 unspecified atom stereocenters. The van der Waals surface area contributed by atoms with Crippen molar-refractivity contribution in [3.63, 3.8) is 0 Å². The smallest absolute Gasteiger partial charge is 0.150 e. The first-order valence-corrected chi connectivity index (χ1v) is 4.95. The number of hydrogen-bond donors (Lipinski definition) is 0. The van der Waals surface area contributed by atoms with E-state index in [1.165, 1.54) is 0 Å². The van der Waals surface area contributed by atoms with E-state index in [1.807, 2.05) is 6.92 Å². The van der Waals surface area contributed by atoms with Crippen molar-refractivity contribution in [2.75, 3.05) is 0 Å². The van der Waals surface area contributed by atoms with Gasteiger partial charge in [-0.15, -0.1) is 11.3 Å².